The highest BCUT2D eigenvalue weighted by Crippen LogP contribution is 2.29. The summed E-state index contributed by atoms with van der Waals surface area (Å²) in [6.45, 7) is 0.212. The molecule has 0 saturated carbocycles. The smallest absolute Gasteiger partial charge is 0.251 e. The van der Waals surface area contributed by atoms with Crippen LogP contribution in [0.15, 0.2) is 52.1 Å². The summed E-state index contributed by atoms with van der Waals surface area (Å²) in [6, 6.07) is 12.1. The third-order valence-corrected chi connectivity index (χ3v) is 6.36. The summed E-state index contributed by atoms with van der Waals surface area (Å²) in [5.41, 5.74) is 0.996. The highest BCUT2D eigenvalue weighted by atomic mass is 79.9. The maximum atomic E-state index is 12.2. The zero-order valence-corrected chi connectivity index (χ0v) is 19.6. The molecule has 0 aliphatic heterocycles. The molecule has 0 unspecified atom stereocenters. The van der Waals surface area contributed by atoms with Crippen LogP contribution < -0.4 is 10.6 Å². The largest absolute Gasteiger partial charge is 0.345 e. The van der Waals surface area contributed by atoms with E-state index < -0.39 is 0 Å². The molecular weight excluding hydrogens is 513 g/mol. The highest BCUT2D eigenvalue weighted by molar-refractivity contribution is 9.10. The maximum Gasteiger partial charge on any atom is 0.251 e. The molecule has 2 aromatic carbocycles. The molecule has 2 amide bonds. The number of carbonyl (C=O) groups is 2. The Morgan fingerprint density at radius 3 is 2.60 bits per heavy atom. The highest BCUT2D eigenvalue weighted by Gasteiger charge is 2.14. The minimum atomic E-state index is -0.253. The van der Waals surface area contributed by atoms with E-state index in [1.54, 1.807) is 54.1 Å². The molecule has 0 saturated heterocycles. The second-order valence-electron chi connectivity index (χ2n) is 6.09. The summed E-state index contributed by atoms with van der Waals surface area (Å²) in [7, 11) is 1.77. The average Bonchev–Trinajstić information content (AvgIpc) is 3.08. The topological polar surface area (TPSA) is 88.9 Å². The lowest BCUT2D eigenvalue weighted by molar-refractivity contribution is -0.113. The fourth-order valence-corrected chi connectivity index (χ4v) is 3.75. The quantitative estimate of drug-likeness (QED) is 0.439. The van der Waals surface area contributed by atoms with Crippen LogP contribution in [0.3, 0.4) is 0 Å². The van der Waals surface area contributed by atoms with E-state index in [4.69, 9.17) is 23.2 Å². The van der Waals surface area contributed by atoms with Gasteiger partial charge in [-0.1, -0.05) is 57.0 Å². The molecule has 156 valence electrons. The average molecular weight is 529 g/mol. The van der Waals surface area contributed by atoms with Crippen LogP contribution in [0.5, 0.6) is 0 Å². The second-order valence-corrected chi connectivity index (χ2v) is 8.73. The van der Waals surface area contributed by atoms with Crippen molar-refractivity contribution in [2.45, 2.75) is 11.7 Å². The van der Waals surface area contributed by atoms with Gasteiger partial charge in [0.25, 0.3) is 5.91 Å². The van der Waals surface area contributed by atoms with Crippen LogP contribution in [0.4, 0.5) is 5.69 Å². The number of hydrogen-bond donors (Lipinski definition) is 2. The van der Waals surface area contributed by atoms with Crippen LogP contribution >= 0.6 is 50.9 Å². The fraction of sp³-hybridized carbons (Fsp3) is 0.158. The summed E-state index contributed by atoms with van der Waals surface area (Å²) in [5.74, 6) is 0.219. The molecule has 0 spiro atoms. The van der Waals surface area contributed by atoms with Gasteiger partial charge in [-0.3, -0.25) is 9.59 Å². The number of halogens is 3. The van der Waals surface area contributed by atoms with E-state index in [-0.39, 0.29) is 24.1 Å². The van der Waals surface area contributed by atoms with Crippen LogP contribution in [0, 0.1) is 0 Å². The molecule has 0 aliphatic rings. The Kier molecular flexibility index (Phi) is 7.76. The molecule has 0 fully saturated rings. The van der Waals surface area contributed by atoms with Gasteiger partial charge in [-0.05, 0) is 36.4 Å². The third-order valence-electron chi connectivity index (χ3n) is 4.00. The summed E-state index contributed by atoms with van der Waals surface area (Å²) in [4.78, 5) is 24.4. The number of thioether (sulfide) groups is 1. The van der Waals surface area contributed by atoms with E-state index in [1.807, 2.05) is 0 Å². The zero-order chi connectivity index (χ0) is 21.7. The number of hydrogen-bond acceptors (Lipinski definition) is 5. The summed E-state index contributed by atoms with van der Waals surface area (Å²) >= 11 is 16.6. The van der Waals surface area contributed by atoms with E-state index in [0.717, 1.165) is 4.47 Å². The molecule has 3 aromatic rings. The van der Waals surface area contributed by atoms with Crippen molar-refractivity contribution in [2.75, 3.05) is 11.1 Å². The summed E-state index contributed by atoms with van der Waals surface area (Å²) in [6.07, 6.45) is 0. The number of amides is 2. The molecule has 11 heteroatoms. The van der Waals surface area contributed by atoms with Gasteiger partial charge in [-0.25, -0.2) is 0 Å². The van der Waals surface area contributed by atoms with Gasteiger partial charge in [0.15, 0.2) is 11.0 Å². The fourth-order valence-electron chi connectivity index (χ4n) is 2.40. The molecular formula is C19H16BrCl2N5O2S. The number of benzene rings is 2. The first-order valence-corrected chi connectivity index (χ1v) is 11.2. The lowest BCUT2D eigenvalue weighted by Gasteiger charge is -2.08. The van der Waals surface area contributed by atoms with Gasteiger partial charge < -0.3 is 15.2 Å². The number of rotatable bonds is 7. The number of aromatic nitrogens is 3. The van der Waals surface area contributed by atoms with E-state index in [0.29, 0.717) is 32.3 Å². The molecule has 1 aromatic heterocycles. The Morgan fingerprint density at radius 2 is 1.87 bits per heavy atom. The molecule has 3 rings (SSSR count). The first kappa shape index (κ1) is 22.6. The zero-order valence-electron chi connectivity index (χ0n) is 15.7. The Bertz CT molecular complexity index is 1080. The lowest BCUT2D eigenvalue weighted by atomic mass is 10.2. The second kappa shape index (κ2) is 10.3. The molecule has 1 heterocycles. The number of carbonyl (C=O) groups excluding carboxylic acids is 2. The van der Waals surface area contributed by atoms with E-state index >= 15 is 0 Å². The molecule has 0 radical (unpaired) electrons. The van der Waals surface area contributed by atoms with Crippen LogP contribution in [0.25, 0.3) is 0 Å². The first-order valence-electron chi connectivity index (χ1n) is 8.64. The van der Waals surface area contributed by atoms with E-state index in [2.05, 4.69) is 36.8 Å². The maximum absolute atomic E-state index is 12.2. The predicted octanol–water partition coefficient (Wildman–Crippen LogP) is 4.55. The van der Waals surface area contributed by atoms with Crippen molar-refractivity contribution in [3.8, 4) is 0 Å². The molecule has 0 bridgehead atoms. The molecule has 0 atom stereocenters. The Labute approximate surface area is 195 Å². The van der Waals surface area contributed by atoms with Crippen LogP contribution in [-0.2, 0) is 18.4 Å². The van der Waals surface area contributed by atoms with Crippen molar-refractivity contribution < 1.29 is 9.59 Å². The van der Waals surface area contributed by atoms with Crippen LogP contribution in [-0.4, -0.2) is 32.3 Å². The van der Waals surface area contributed by atoms with Crippen molar-refractivity contribution in [3.05, 3.63) is 68.4 Å². The van der Waals surface area contributed by atoms with Crippen molar-refractivity contribution >= 4 is 68.4 Å². The SMILES string of the molecule is Cn1c(CNC(=O)c2ccc(Br)cc2)nnc1SCC(=O)Nc1cccc(Cl)c1Cl. The predicted molar refractivity (Wildman–Crippen MR) is 122 cm³/mol. The van der Waals surface area contributed by atoms with Crippen molar-refractivity contribution in [1.29, 1.82) is 0 Å². The van der Waals surface area contributed by atoms with Gasteiger partial charge in [-0.15, -0.1) is 10.2 Å². The van der Waals surface area contributed by atoms with E-state index in [9.17, 15) is 9.59 Å². The minimum absolute atomic E-state index is 0.111. The van der Waals surface area contributed by atoms with E-state index in [1.165, 1.54) is 11.8 Å². The summed E-state index contributed by atoms with van der Waals surface area (Å²) in [5, 5.41) is 14.9. The van der Waals surface area contributed by atoms with Gasteiger partial charge in [0.1, 0.15) is 0 Å². The van der Waals surface area contributed by atoms with Crippen LogP contribution in [0.2, 0.25) is 10.0 Å². The number of nitrogens with zero attached hydrogens (tertiary/aromatic N) is 3. The molecule has 30 heavy (non-hydrogen) atoms. The number of anilines is 1. The lowest BCUT2D eigenvalue weighted by Crippen LogP contribution is -2.24. The Morgan fingerprint density at radius 1 is 1.13 bits per heavy atom. The van der Waals surface area contributed by atoms with Gasteiger partial charge in [0, 0.05) is 17.1 Å². The third kappa shape index (κ3) is 5.75. The van der Waals surface area contributed by atoms with Gasteiger partial charge >= 0.3 is 0 Å². The van der Waals surface area contributed by atoms with Crippen molar-refractivity contribution in [2.24, 2.45) is 7.05 Å². The monoisotopic (exact) mass is 527 g/mol. The van der Waals surface area contributed by atoms with Gasteiger partial charge in [0.05, 0.1) is 28.0 Å². The van der Waals surface area contributed by atoms with Crippen molar-refractivity contribution in [3.63, 3.8) is 0 Å². The molecule has 7 nitrogen and oxygen atoms in total. The minimum Gasteiger partial charge on any atom is -0.345 e. The van der Waals surface area contributed by atoms with Crippen molar-refractivity contribution in [1.82, 2.24) is 20.1 Å². The normalized spacial score (nSPS) is 10.7. The molecule has 0 aliphatic carbocycles. The summed E-state index contributed by atoms with van der Waals surface area (Å²) < 4.78 is 2.63. The first-order chi connectivity index (χ1) is 14.3. The van der Waals surface area contributed by atoms with Gasteiger partial charge in [0.2, 0.25) is 5.91 Å². The van der Waals surface area contributed by atoms with Gasteiger partial charge in [-0.2, -0.15) is 0 Å². The number of nitrogens with one attached hydrogen (secondary N) is 2. The Balaban J connectivity index is 1.53. The standard InChI is InChI=1S/C19H16BrCl2N5O2S/c1-27-15(9-23-18(29)11-5-7-12(20)8-6-11)25-26-19(27)30-10-16(28)24-14-4-2-3-13(21)17(14)22/h2-8H,9-10H2,1H3,(H,23,29)(H,24,28). The van der Waals surface area contributed by atoms with Crippen LogP contribution in [0.1, 0.15) is 16.2 Å². The molecule has 2 N–H and O–H groups in total. The Hall–Kier alpha value is -2.07.